The monoisotopic (exact) mass is 282 g/mol. The molecule has 3 N–H and O–H groups in total. The third kappa shape index (κ3) is 2.61. The predicted octanol–water partition coefficient (Wildman–Crippen LogP) is -0.749. The summed E-state index contributed by atoms with van der Waals surface area (Å²) in [6.07, 6.45) is 0. The average Bonchev–Trinajstić information content (AvgIpc) is 2.81. The lowest BCUT2D eigenvalue weighted by Crippen LogP contribution is -2.62. The summed E-state index contributed by atoms with van der Waals surface area (Å²) in [5.41, 5.74) is 3.63. The minimum absolute atomic E-state index is 0.0385. The van der Waals surface area contributed by atoms with Gasteiger partial charge in [0, 0.05) is 36.1 Å². The van der Waals surface area contributed by atoms with Crippen molar-refractivity contribution in [1.82, 2.24) is 10.6 Å². The molecular formula is C14H16B2N2O3. The third-order valence-corrected chi connectivity index (χ3v) is 4.24. The Morgan fingerprint density at radius 1 is 1.38 bits per heavy atom. The molecule has 1 fully saturated rings. The molecule has 2 unspecified atom stereocenters. The van der Waals surface area contributed by atoms with E-state index in [4.69, 9.17) is 20.4 Å². The van der Waals surface area contributed by atoms with Crippen LogP contribution < -0.4 is 10.6 Å². The summed E-state index contributed by atoms with van der Waals surface area (Å²) in [5.74, 6) is -0.273. The van der Waals surface area contributed by atoms with E-state index in [-0.39, 0.29) is 12.0 Å². The van der Waals surface area contributed by atoms with E-state index in [9.17, 15) is 9.90 Å². The molecule has 106 valence electrons. The van der Waals surface area contributed by atoms with Gasteiger partial charge in [0.2, 0.25) is 0 Å². The first-order valence-corrected chi connectivity index (χ1v) is 6.94. The molecule has 2 heterocycles. The van der Waals surface area contributed by atoms with E-state index in [0.29, 0.717) is 25.3 Å². The zero-order chi connectivity index (χ0) is 15.2. The number of hydrogen-bond acceptors (Lipinski definition) is 5. The van der Waals surface area contributed by atoms with Crippen LogP contribution in [0, 0.1) is 6.92 Å². The van der Waals surface area contributed by atoms with E-state index in [1.165, 1.54) is 0 Å². The maximum atomic E-state index is 11.6. The Kier molecular flexibility index (Phi) is 3.59. The highest BCUT2D eigenvalue weighted by molar-refractivity contribution is 6.39. The van der Waals surface area contributed by atoms with Gasteiger partial charge in [0.05, 0.1) is 5.56 Å². The quantitative estimate of drug-likeness (QED) is 0.492. The van der Waals surface area contributed by atoms with E-state index in [2.05, 4.69) is 10.6 Å². The van der Waals surface area contributed by atoms with E-state index in [1.54, 1.807) is 6.07 Å². The lowest BCUT2D eigenvalue weighted by molar-refractivity contribution is 0.0535. The molecule has 4 radical (unpaired) electrons. The molecule has 5 nitrogen and oxygen atoms in total. The molecule has 21 heavy (non-hydrogen) atoms. The maximum Gasteiger partial charge on any atom is 0.338 e. The number of rotatable bonds is 2. The van der Waals surface area contributed by atoms with Crippen LogP contribution in [-0.4, -0.2) is 51.3 Å². The number of aliphatic hydroxyl groups is 1. The van der Waals surface area contributed by atoms with Crippen molar-refractivity contribution in [3.8, 4) is 0 Å². The van der Waals surface area contributed by atoms with Gasteiger partial charge in [-0.15, -0.1) is 0 Å². The summed E-state index contributed by atoms with van der Waals surface area (Å²) in [6, 6.07) is 3.20. The lowest BCUT2D eigenvalue weighted by Gasteiger charge is -2.40. The second-order valence-electron chi connectivity index (χ2n) is 5.70. The smallest absolute Gasteiger partial charge is 0.338 e. The van der Waals surface area contributed by atoms with E-state index < -0.39 is 11.4 Å². The fourth-order valence-electron chi connectivity index (χ4n) is 2.97. The van der Waals surface area contributed by atoms with Crippen molar-refractivity contribution < 1.29 is 14.6 Å². The summed E-state index contributed by atoms with van der Waals surface area (Å²) in [4.78, 5) is 11.6. The predicted molar refractivity (Wildman–Crippen MR) is 79.3 cm³/mol. The first-order valence-electron chi connectivity index (χ1n) is 6.94. The molecule has 0 aliphatic carbocycles. The minimum Gasteiger partial charge on any atom is -0.457 e. The first-order chi connectivity index (χ1) is 9.88. The molecule has 0 aromatic heterocycles. The molecule has 2 atom stereocenters. The summed E-state index contributed by atoms with van der Waals surface area (Å²) >= 11 is 0. The van der Waals surface area contributed by atoms with Crippen LogP contribution in [0.2, 0.25) is 0 Å². The van der Waals surface area contributed by atoms with Gasteiger partial charge < -0.3 is 20.5 Å². The van der Waals surface area contributed by atoms with Gasteiger partial charge in [-0.3, -0.25) is 0 Å². The van der Waals surface area contributed by atoms with Crippen LogP contribution >= 0.6 is 0 Å². The van der Waals surface area contributed by atoms with Gasteiger partial charge in [0.15, 0.2) is 0 Å². The molecule has 0 amide bonds. The standard InChI is InChI=1S/C14H16B2N2O3/c1-7-8(2-3-9-10(7)6-21-13(9)19)11-4-17-5-12(18-11)14(15,16)20/h2-3,11-12,17-18,20H,4-6H2,1H3. The van der Waals surface area contributed by atoms with Gasteiger partial charge in [-0.05, 0) is 24.1 Å². The average molecular weight is 282 g/mol. The normalized spacial score (nSPS) is 25.5. The van der Waals surface area contributed by atoms with Crippen LogP contribution in [0.4, 0.5) is 0 Å². The van der Waals surface area contributed by atoms with Crippen molar-refractivity contribution in [2.45, 2.75) is 31.0 Å². The fourth-order valence-corrected chi connectivity index (χ4v) is 2.97. The summed E-state index contributed by atoms with van der Waals surface area (Å²) in [7, 11) is 11.1. The number of ether oxygens (including phenoxy) is 1. The summed E-state index contributed by atoms with van der Waals surface area (Å²) in [5, 5.41) is 14.4. The zero-order valence-electron chi connectivity index (χ0n) is 11.8. The topological polar surface area (TPSA) is 70.6 Å². The molecule has 0 spiro atoms. The number of nitrogens with one attached hydrogen (secondary N) is 2. The van der Waals surface area contributed by atoms with Gasteiger partial charge in [-0.2, -0.15) is 0 Å². The van der Waals surface area contributed by atoms with Crippen LogP contribution in [0.1, 0.15) is 33.1 Å². The molecule has 2 aliphatic rings. The number of esters is 1. The van der Waals surface area contributed by atoms with E-state index >= 15 is 0 Å². The van der Waals surface area contributed by atoms with Crippen molar-refractivity contribution in [2.75, 3.05) is 13.1 Å². The van der Waals surface area contributed by atoms with E-state index in [0.717, 1.165) is 16.7 Å². The molecule has 1 saturated heterocycles. The Morgan fingerprint density at radius 3 is 2.86 bits per heavy atom. The lowest BCUT2D eigenvalue weighted by atomic mass is 9.60. The van der Waals surface area contributed by atoms with Crippen molar-refractivity contribution in [1.29, 1.82) is 0 Å². The Hall–Kier alpha value is -1.30. The fraction of sp³-hybridized carbons (Fsp3) is 0.500. The second kappa shape index (κ2) is 5.16. The summed E-state index contributed by atoms with van der Waals surface area (Å²) in [6.45, 7) is 3.47. The van der Waals surface area contributed by atoms with Gasteiger partial charge in [0.1, 0.15) is 22.3 Å². The minimum atomic E-state index is -1.78. The second-order valence-corrected chi connectivity index (χ2v) is 5.70. The van der Waals surface area contributed by atoms with Crippen molar-refractivity contribution in [3.63, 3.8) is 0 Å². The molecule has 7 heteroatoms. The molecular weight excluding hydrogens is 266 g/mol. The Bertz CT molecular complexity index is 586. The number of carbonyl (C=O) groups is 1. The van der Waals surface area contributed by atoms with Crippen molar-refractivity contribution in [3.05, 3.63) is 34.4 Å². The number of fused-ring (bicyclic) bond motifs is 1. The first kappa shape index (κ1) is 14.6. The zero-order valence-corrected chi connectivity index (χ0v) is 11.8. The number of cyclic esters (lactones) is 1. The Labute approximate surface area is 126 Å². The van der Waals surface area contributed by atoms with Gasteiger partial charge in [-0.1, -0.05) is 6.07 Å². The highest BCUT2D eigenvalue weighted by Crippen LogP contribution is 2.30. The molecule has 1 aromatic rings. The van der Waals surface area contributed by atoms with Crippen LogP contribution in [0.5, 0.6) is 0 Å². The third-order valence-electron chi connectivity index (χ3n) is 4.24. The van der Waals surface area contributed by atoms with Crippen molar-refractivity contribution >= 4 is 21.7 Å². The van der Waals surface area contributed by atoms with Crippen LogP contribution in [0.25, 0.3) is 0 Å². The largest absolute Gasteiger partial charge is 0.457 e. The summed E-state index contributed by atoms with van der Waals surface area (Å²) < 4.78 is 5.07. The highest BCUT2D eigenvalue weighted by Gasteiger charge is 2.33. The van der Waals surface area contributed by atoms with Crippen LogP contribution in [0.3, 0.4) is 0 Å². The number of piperazine rings is 1. The molecule has 3 rings (SSSR count). The van der Waals surface area contributed by atoms with Gasteiger partial charge >= 0.3 is 5.97 Å². The number of carbonyl (C=O) groups excluding carboxylic acids is 1. The maximum absolute atomic E-state index is 11.6. The van der Waals surface area contributed by atoms with Crippen LogP contribution in [-0.2, 0) is 11.3 Å². The molecule has 1 aromatic carbocycles. The Balaban J connectivity index is 1.89. The van der Waals surface area contributed by atoms with E-state index in [1.807, 2.05) is 13.0 Å². The van der Waals surface area contributed by atoms with Gasteiger partial charge in [0.25, 0.3) is 0 Å². The SMILES string of the molecule is [B]C([B])(O)C1CNCC(c2ccc3c(c2C)COC3=O)N1. The highest BCUT2D eigenvalue weighted by atomic mass is 16.5. The number of benzene rings is 1. The van der Waals surface area contributed by atoms with Crippen LogP contribution in [0.15, 0.2) is 12.1 Å². The number of hydrogen-bond donors (Lipinski definition) is 3. The molecule has 0 saturated carbocycles. The van der Waals surface area contributed by atoms with Crippen molar-refractivity contribution in [2.24, 2.45) is 0 Å². The Morgan fingerprint density at radius 2 is 2.14 bits per heavy atom. The molecule has 0 bridgehead atoms. The molecule has 2 aliphatic heterocycles. The van der Waals surface area contributed by atoms with Gasteiger partial charge in [-0.25, -0.2) is 4.79 Å².